The van der Waals surface area contributed by atoms with Crippen molar-refractivity contribution in [2.75, 3.05) is 32.6 Å². The molecule has 3 rings (SSSR count). The molecule has 7 nitrogen and oxygen atoms in total. The quantitative estimate of drug-likeness (QED) is 0.526. The summed E-state index contributed by atoms with van der Waals surface area (Å²) in [5.74, 6) is -1.30. The minimum atomic E-state index is -0.557. The molecule has 0 aliphatic carbocycles. The van der Waals surface area contributed by atoms with Crippen LogP contribution in [0.15, 0.2) is 48.7 Å². The van der Waals surface area contributed by atoms with E-state index in [1.54, 1.807) is 30.4 Å². The first-order valence-corrected chi connectivity index (χ1v) is 12.0. The predicted molar refractivity (Wildman–Crippen MR) is 134 cm³/mol. The number of carbonyl (C=O) groups excluding carboxylic acids is 2. The van der Waals surface area contributed by atoms with Crippen molar-refractivity contribution in [1.29, 1.82) is 0 Å². The number of hydrogen-bond donors (Lipinski definition) is 2. The third-order valence-corrected chi connectivity index (χ3v) is 6.93. The number of likely N-dealkylation sites (N-methyl/N-ethyl adjacent to an activating group) is 1. The average Bonchev–Trinajstić information content (AvgIpc) is 3.41. The van der Waals surface area contributed by atoms with Crippen LogP contribution < -0.4 is 5.32 Å². The first kappa shape index (κ1) is 26.6. The Balaban J connectivity index is 1.78. The average molecular weight is 486 g/mol. The Kier molecular flexibility index (Phi) is 8.86. The molecule has 2 amide bonds. The lowest BCUT2D eigenvalue weighted by Gasteiger charge is -2.23. The molecule has 0 radical (unpaired) electrons. The predicted octanol–water partition coefficient (Wildman–Crippen LogP) is 3.05. The molecule has 4 atom stereocenters. The normalized spacial score (nSPS) is 24.2. The third kappa shape index (κ3) is 5.65. The van der Waals surface area contributed by atoms with Gasteiger partial charge in [0.05, 0.1) is 31.2 Å². The maximum Gasteiger partial charge on any atom is 0.253 e. The maximum absolute atomic E-state index is 15.1. The highest BCUT2D eigenvalue weighted by Gasteiger charge is 2.35. The van der Waals surface area contributed by atoms with Gasteiger partial charge in [-0.25, -0.2) is 4.39 Å². The van der Waals surface area contributed by atoms with E-state index in [4.69, 9.17) is 4.74 Å². The van der Waals surface area contributed by atoms with Crippen molar-refractivity contribution in [3.63, 3.8) is 0 Å². The zero-order valence-corrected chi connectivity index (χ0v) is 21.0. The molecule has 1 aromatic rings. The van der Waals surface area contributed by atoms with E-state index in [0.717, 1.165) is 5.56 Å². The molecule has 0 aromatic heterocycles. The monoisotopic (exact) mass is 485 g/mol. The van der Waals surface area contributed by atoms with E-state index in [-0.39, 0.29) is 54.5 Å². The smallest absolute Gasteiger partial charge is 0.253 e. The summed E-state index contributed by atoms with van der Waals surface area (Å²) in [6.07, 6.45) is 8.35. The van der Waals surface area contributed by atoms with Gasteiger partial charge in [-0.1, -0.05) is 31.2 Å². The van der Waals surface area contributed by atoms with Gasteiger partial charge >= 0.3 is 0 Å². The summed E-state index contributed by atoms with van der Waals surface area (Å²) in [5, 5.41) is 12.5. The largest absolute Gasteiger partial charge is 0.394 e. The fourth-order valence-corrected chi connectivity index (χ4v) is 4.95. The summed E-state index contributed by atoms with van der Waals surface area (Å²) in [4.78, 5) is 29.6. The molecule has 2 heterocycles. The molecule has 1 saturated heterocycles. The number of rotatable bonds is 9. The molecule has 0 saturated carbocycles. The molecule has 1 aromatic carbocycles. The minimum Gasteiger partial charge on any atom is -0.394 e. The SMILES string of the molecule is C=CC1C(C(=O)Nc2cc(F)c(CC(=O)N3CC(OC)CC3CO)cc2CC)=CN(C)C1/C=C\C. The Bertz CT molecular complexity index is 1020. The van der Waals surface area contributed by atoms with E-state index in [1.807, 2.05) is 37.9 Å². The van der Waals surface area contributed by atoms with Crippen LogP contribution in [-0.2, 0) is 27.2 Å². The van der Waals surface area contributed by atoms with Crippen LogP contribution in [0.3, 0.4) is 0 Å². The van der Waals surface area contributed by atoms with Crippen molar-refractivity contribution in [3.05, 3.63) is 65.7 Å². The second kappa shape index (κ2) is 11.6. The van der Waals surface area contributed by atoms with Crippen LogP contribution in [0.1, 0.15) is 31.4 Å². The Morgan fingerprint density at radius 2 is 2.09 bits per heavy atom. The number of likely N-dealkylation sites (tertiary alicyclic amines) is 1. The second-order valence-corrected chi connectivity index (χ2v) is 9.09. The number of nitrogens with zero attached hydrogens (tertiary/aromatic N) is 2. The van der Waals surface area contributed by atoms with Crippen LogP contribution >= 0.6 is 0 Å². The van der Waals surface area contributed by atoms with Crippen LogP contribution in [0.5, 0.6) is 0 Å². The van der Waals surface area contributed by atoms with Crippen LogP contribution in [0.2, 0.25) is 0 Å². The van der Waals surface area contributed by atoms with Crippen molar-refractivity contribution in [2.45, 2.75) is 51.3 Å². The maximum atomic E-state index is 15.1. The molecule has 2 aliphatic rings. The molecule has 1 fully saturated rings. The van der Waals surface area contributed by atoms with Gasteiger partial charge in [-0.2, -0.15) is 0 Å². The number of nitrogens with one attached hydrogen (secondary N) is 1. The van der Waals surface area contributed by atoms with E-state index >= 15 is 4.39 Å². The van der Waals surface area contributed by atoms with Gasteiger partial charge in [0, 0.05) is 44.1 Å². The Labute approximate surface area is 206 Å². The molecular weight excluding hydrogens is 449 g/mol. The molecule has 2 aliphatic heterocycles. The van der Waals surface area contributed by atoms with Gasteiger partial charge in [-0.3, -0.25) is 9.59 Å². The van der Waals surface area contributed by atoms with E-state index in [0.29, 0.717) is 30.6 Å². The van der Waals surface area contributed by atoms with Gasteiger partial charge in [0.2, 0.25) is 5.91 Å². The summed E-state index contributed by atoms with van der Waals surface area (Å²) in [7, 11) is 3.48. The van der Waals surface area contributed by atoms with Crippen molar-refractivity contribution in [1.82, 2.24) is 9.80 Å². The first-order valence-electron chi connectivity index (χ1n) is 12.0. The molecule has 0 spiro atoms. The van der Waals surface area contributed by atoms with Crippen molar-refractivity contribution >= 4 is 17.5 Å². The van der Waals surface area contributed by atoms with Crippen LogP contribution in [0.25, 0.3) is 0 Å². The number of methoxy groups -OCH3 is 1. The number of aryl methyl sites for hydroxylation is 1. The Morgan fingerprint density at radius 1 is 1.34 bits per heavy atom. The molecule has 4 unspecified atom stereocenters. The molecule has 190 valence electrons. The van der Waals surface area contributed by atoms with E-state index in [1.165, 1.54) is 6.07 Å². The lowest BCUT2D eigenvalue weighted by Crippen LogP contribution is -2.39. The van der Waals surface area contributed by atoms with Gasteiger partial charge in [-0.15, -0.1) is 6.58 Å². The Hall–Kier alpha value is -2.97. The van der Waals surface area contributed by atoms with Gasteiger partial charge in [0.15, 0.2) is 0 Å². The van der Waals surface area contributed by atoms with E-state index in [2.05, 4.69) is 11.9 Å². The fraction of sp³-hybridized carbons (Fsp3) is 0.481. The highest BCUT2D eigenvalue weighted by Crippen LogP contribution is 2.31. The summed E-state index contributed by atoms with van der Waals surface area (Å²) >= 11 is 0. The Morgan fingerprint density at radius 3 is 2.69 bits per heavy atom. The van der Waals surface area contributed by atoms with Crippen LogP contribution in [0, 0.1) is 11.7 Å². The zero-order chi connectivity index (χ0) is 25.7. The summed E-state index contributed by atoms with van der Waals surface area (Å²) in [5.41, 5.74) is 1.95. The first-order chi connectivity index (χ1) is 16.8. The number of anilines is 1. The second-order valence-electron chi connectivity index (χ2n) is 9.09. The fourth-order valence-electron chi connectivity index (χ4n) is 4.95. The van der Waals surface area contributed by atoms with E-state index in [9.17, 15) is 14.7 Å². The number of benzene rings is 1. The van der Waals surface area contributed by atoms with Crippen molar-refractivity contribution in [3.8, 4) is 0 Å². The number of carbonyl (C=O) groups is 2. The number of ether oxygens (including phenoxy) is 1. The highest BCUT2D eigenvalue weighted by molar-refractivity contribution is 6.05. The van der Waals surface area contributed by atoms with Gasteiger partial charge in [-0.05, 0) is 37.0 Å². The summed E-state index contributed by atoms with van der Waals surface area (Å²) < 4.78 is 20.4. The van der Waals surface area contributed by atoms with Crippen LogP contribution in [0.4, 0.5) is 10.1 Å². The number of amides is 2. The van der Waals surface area contributed by atoms with E-state index < -0.39 is 5.82 Å². The minimum absolute atomic E-state index is 0.0000555. The number of allylic oxidation sites excluding steroid dienone is 1. The van der Waals surface area contributed by atoms with Crippen molar-refractivity contribution in [2.24, 2.45) is 5.92 Å². The molecular formula is C27H36FN3O4. The number of aliphatic hydroxyl groups excluding tert-OH is 1. The number of halogens is 1. The third-order valence-electron chi connectivity index (χ3n) is 6.93. The summed E-state index contributed by atoms with van der Waals surface area (Å²) in [6.45, 7) is 7.94. The molecule has 2 N–H and O–H groups in total. The summed E-state index contributed by atoms with van der Waals surface area (Å²) in [6, 6.07) is 2.60. The standard InChI is InChI=1S/C27H36FN3O4/c1-6-9-25-21(8-3)22(15-30(25)4)27(34)29-24-13-23(28)18(10-17(24)7-2)11-26(33)31-14-20(35-5)12-19(31)16-32/h6,8-10,13,15,19-21,25,32H,3,7,11-12,14,16H2,1-2,4-5H3,(H,29,34)/b9-6-. The lowest BCUT2D eigenvalue weighted by molar-refractivity contribution is -0.132. The zero-order valence-electron chi connectivity index (χ0n) is 21.0. The van der Waals surface area contributed by atoms with Crippen LogP contribution in [-0.4, -0.2) is 72.2 Å². The highest BCUT2D eigenvalue weighted by atomic mass is 19.1. The lowest BCUT2D eigenvalue weighted by atomic mass is 9.93. The molecule has 0 bridgehead atoms. The topological polar surface area (TPSA) is 82.1 Å². The molecule has 35 heavy (non-hydrogen) atoms. The van der Waals surface area contributed by atoms with Gasteiger partial charge in [0.25, 0.3) is 5.91 Å². The molecule has 8 heteroatoms. The van der Waals surface area contributed by atoms with Gasteiger partial charge < -0.3 is 25.0 Å². The number of aliphatic hydroxyl groups is 1. The van der Waals surface area contributed by atoms with Crippen molar-refractivity contribution < 1.29 is 23.8 Å². The van der Waals surface area contributed by atoms with Gasteiger partial charge in [0.1, 0.15) is 5.82 Å². The number of hydrogen-bond acceptors (Lipinski definition) is 5.